The fourth-order valence-electron chi connectivity index (χ4n) is 1.67. The van der Waals surface area contributed by atoms with E-state index < -0.39 is 0 Å². The Balaban J connectivity index is 2.50. The lowest BCUT2D eigenvalue weighted by molar-refractivity contribution is 0.101. The summed E-state index contributed by atoms with van der Waals surface area (Å²) in [4.78, 5) is 14.7. The highest BCUT2D eigenvalue weighted by Gasteiger charge is 2.26. The van der Waals surface area contributed by atoms with Gasteiger partial charge in [-0.1, -0.05) is 12.1 Å². The Labute approximate surface area is 83.4 Å². The molecule has 1 aliphatic carbocycles. The Hall–Kier alpha value is -1.62. The standard InChI is InChI=1S/C12H11NO/c1-8(14)12-7-10(13-2)5-6-11(12)9-3-4-9/h5-7,9H,3-4H2,1H3. The van der Waals surface area contributed by atoms with E-state index in [1.807, 2.05) is 6.07 Å². The zero-order valence-corrected chi connectivity index (χ0v) is 8.08. The van der Waals surface area contributed by atoms with Crippen LogP contribution in [0.15, 0.2) is 18.2 Å². The van der Waals surface area contributed by atoms with E-state index in [4.69, 9.17) is 6.57 Å². The third-order valence-corrected chi connectivity index (χ3v) is 2.56. The number of benzene rings is 1. The molecule has 2 nitrogen and oxygen atoms in total. The number of rotatable bonds is 2. The molecule has 2 heteroatoms. The maximum absolute atomic E-state index is 11.4. The van der Waals surface area contributed by atoms with Crippen LogP contribution in [0.4, 0.5) is 5.69 Å². The number of carbonyl (C=O) groups excluding carboxylic acids is 1. The lowest BCUT2D eigenvalue weighted by Gasteiger charge is -2.05. The van der Waals surface area contributed by atoms with Crippen LogP contribution < -0.4 is 0 Å². The van der Waals surface area contributed by atoms with Crippen LogP contribution in [0.25, 0.3) is 4.85 Å². The van der Waals surface area contributed by atoms with Gasteiger partial charge >= 0.3 is 0 Å². The summed E-state index contributed by atoms with van der Waals surface area (Å²) in [5.74, 6) is 0.631. The van der Waals surface area contributed by atoms with Crippen LogP contribution in [0.1, 0.15) is 41.6 Å². The summed E-state index contributed by atoms with van der Waals surface area (Å²) in [5, 5.41) is 0. The number of nitrogens with zero attached hydrogens (tertiary/aromatic N) is 1. The number of carbonyl (C=O) groups is 1. The molecule has 0 amide bonds. The minimum Gasteiger partial charge on any atom is -0.295 e. The van der Waals surface area contributed by atoms with Gasteiger partial charge in [-0.2, -0.15) is 0 Å². The molecule has 0 spiro atoms. The molecule has 0 aromatic heterocycles. The average Bonchev–Trinajstić information content (AvgIpc) is 3.00. The summed E-state index contributed by atoms with van der Waals surface area (Å²) in [7, 11) is 0. The number of Topliss-reactive ketones (excluding diaryl/α,β-unsaturated/α-hetero) is 1. The van der Waals surface area contributed by atoms with Crippen LogP contribution >= 0.6 is 0 Å². The first-order valence-electron chi connectivity index (χ1n) is 4.74. The molecule has 0 radical (unpaired) electrons. The van der Waals surface area contributed by atoms with Crippen molar-refractivity contribution in [2.24, 2.45) is 0 Å². The molecule has 1 fully saturated rings. The molecule has 0 N–H and O–H groups in total. The summed E-state index contributed by atoms with van der Waals surface area (Å²) < 4.78 is 0. The van der Waals surface area contributed by atoms with E-state index in [0.29, 0.717) is 11.6 Å². The molecular formula is C12H11NO. The number of hydrogen-bond donors (Lipinski definition) is 0. The van der Waals surface area contributed by atoms with Gasteiger partial charge in [0.2, 0.25) is 0 Å². The molecule has 1 aromatic carbocycles. The van der Waals surface area contributed by atoms with Crippen molar-refractivity contribution in [2.75, 3.05) is 0 Å². The Kier molecular flexibility index (Phi) is 2.09. The van der Waals surface area contributed by atoms with Crippen LogP contribution in [-0.4, -0.2) is 5.78 Å². The van der Waals surface area contributed by atoms with Gasteiger partial charge in [0.25, 0.3) is 0 Å². The fourth-order valence-corrected chi connectivity index (χ4v) is 1.67. The Morgan fingerprint density at radius 2 is 2.21 bits per heavy atom. The normalized spacial score (nSPS) is 14.9. The van der Waals surface area contributed by atoms with Crippen molar-refractivity contribution in [1.82, 2.24) is 0 Å². The molecule has 0 unspecified atom stereocenters. The van der Waals surface area contributed by atoms with Gasteiger partial charge in [0, 0.05) is 5.56 Å². The van der Waals surface area contributed by atoms with Crippen molar-refractivity contribution in [3.63, 3.8) is 0 Å². The van der Waals surface area contributed by atoms with E-state index >= 15 is 0 Å². The van der Waals surface area contributed by atoms with Gasteiger partial charge in [0.05, 0.1) is 6.57 Å². The maximum Gasteiger partial charge on any atom is 0.187 e. The molecule has 1 saturated carbocycles. The predicted octanol–water partition coefficient (Wildman–Crippen LogP) is 3.32. The third-order valence-electron chi connectivity index (χ3n) is 2.56. The van der Waals surface area contributed by atoms with Crippen molar-refractivity contribution in [1.29, 1.82) is 0 Å². The van der Waals surface area contributed by atoms with Crippen molar-refractivity contribution < 1.29 is 4.79 Å². The summed E-state index contributed by atoms with van der Waals surface area (Å²) >= 11 is 0. The first-order chi connectivity index (χ1) is 6.72. The Bertz CT molecular complexity index is 424. The molecule has 0 saturated heterocycles. The second-order valence-corrected chi connectivity index (χ2v) is 3.71. The maximum atomic E-state index is 11.4. The lowest BCUT2D eigenvalue weighted by atomic mass is 10.00. The fraction of sp³-hybridized carbons (Fsp3) is 0.333. The molecule has 1 aliphatic rings. The first kappa shape index (κ1) is 8.96. The molecule has 0 bridgehead atoms. The zero-order chi connectivity index (χ0) is 10.1. The SMILES string of the molecule is [C-]#[N+]c1ccc(C2CC2)c(C(C)=O)c1. The van der Waals surface area contributed by atoms with Gasteiger partial charge in [0.1, 0.15) is 0 Å². The average molecular weight is 185 g/mol. The van der Waals surface area contributed by atoms with Gasteiger partial charge in [-0.25, -0.2) is 4.85 Å². The smallest absolute Gasteiger partial charge is 0.187 e. The topological polar surface area (TPSA) is 21.4 Å². The van der Waals surface area contributed by atoms with E-state index in [2.05, 4.69) is 4.85 Å². The Morgan fingerprint density at radius 3 is 2.71 bits per heavy atom. The van der Waals surface area contributed by atoms with Crippen LogP contribution in [-0.2, 0) is 0 Å². The van der Waals surface area contributed by atoms with Crippen molar-refractivity contribution in [3.05, 3.63) is 40.7 Å². The van der Waals surface area contributed by atoms with Gasteiger partial charge in [-0.3, -0.25) is 4.79 Å². The van der Waals surface area contributed by atoms with Gasteiger partial charge < -0.3 is 0 Å². The van der Waals surface area contributed by atoms with E-state index in [1.165, 1.54) is 12.8 Å². The molecule has 1 aromatic rings. The van der Waals surface area contributed by atoms with Crippen LogP contribution in [0.2, 0.25) is 0 Å². The van der Waals surface area contributed by atoms with Gasteiger partial charge in [-0.05, 0) is 37.3 Å². The molecule has 0 heterocycles. The summed E-state index contributed by atoms with van der Waals surface area (Å²) in [5.41, 5.74) is 2.42. The highest BCUT2D eigenvalue weighted by molar-refractivity contribution is 5.96. The third kappa shape index (κ3) is 1.54. The van der Waals surface area contributed by atoms with Crippen molar-refractivity contribution in [3.8, 4) is 0 Å². The second kappa shape index (κ2) is 3.26. The highest BCUT2D eigenvalue weighted by atomic mass is 16.1. The largest absolute Gasteiger partial charge is 0.295 e. The molecule has 14 heavy (non-hydrogen) atoms. The number of ketones is 1. The monoisotopic (exact) mass is 185 g/mol. The number of hydrogen-bond acceptors (Lipinski definition) is 1. The van der Waals surface area contributed by atoms with E-state index in [-0.39, 0.29) is 5.78 Å². The van der Waals surface area contributed by atoms with Gasteiger partial charge in [-0.15, -0.1) is 0 Å². The summed E-state index contributed by atoms with van der Waals surface area (Å²) in [6.07, 6.45) is 2.36. The van der Waals surface area contributed by atoms with Crippen molar-refractivity contribution in [2.45, 2.75) is 25.7 Å². The molecule has 2 rings (SSSR count). The molecular weight excluding hydrogens is 174 g/mol. The minimum atomic E-state index is 0.0670. The van der Waals surface area contributed by atoms with Crippen LogP contribution in [0.5, 0.6) is 0 Å². The minimum absolute atomic E-state index is 0.0670. The van der Waals surface area contributed by atoms with E-state index in [0.717, 1.165) is 11.1 Å². The van der Waals surface area contributed by atoms with Crippen LogP contribution in [0.3, 0.4) is 0 Å². The second-order valence-electron chi connectivity index (χ2n) is 3.71. The molecule has 0 atom stereocenters. The zero-order valence-electron chi connectivity index (χ0n) is 8.08. The molecule has 70 valence electrons. The van der Waals surface area contributed by atoms with Gasteiger partial charge in [0.15, 0.2) is 11.5 Å². The predicted molar refractivity (Wildman–Crippen MR) is 54.7 cm³/mol. The Morgan fingerprint density at radius 1 is 1.50 bits per heavy atom. The summed E-state index contributed by atoms with van der Waals surface area (Å²) in [6.45, 7) is 8.45. The van der Waals surface area contributed by atoms with Crippen molar-refractivity contribution >= 4 is 11.5 Å². The lowest BCUT2D eigenvalue weighted by Crippen LogP contribution is -1.97. The quantitative estimate of drug-likeness (QED) is 0.511. The summed E-state index contributed by atoms with van der Waals surface area (Å²) in [6, 6.07) is 5.44. The highest BCUT2D eigenvalue weighted by Crippen LogP contribution is 2.42. The first-order valence-corrected chi connectivity index (χ1v) is 4.74. The van der Waals surface area contributed by atoms with E-state index in [9.17, 15) is 4.79 Å². The molecule has 0 aliphatic heterocycles. The van der Waals surface area contributed by atoms with Crippen LogP contribution in [0, 0.1) is 6.57 Å². The van der Waals surface area contributed by atoms with E-state index in [1.54, 1.807) is 19.1 Å².